The first-order valence-electron chi connectivity index (χ1n) is 11.2. The van der Waals surface area contributed by atoms with Gasteiger partial charge in [-0.25, -0.2) is 0 Å². The molecule has 0 spiro atoms. The third-order valence-corrected chi connectivity index (χ3v) is 7.14. The Morgan fingerprint density at radius 1 is 1.19 bits per heavy atom. The number of carbonyl (C=O) groups is 1. The summed E-state index contributed by atoms with van der Waals surface area (Å²) in [5, 5.41) is 14.0. The van der Waals surface area contributed by atoms with Gasteiger partial charge in [0.25, 0.3) is 5.91 Å². The van der Waals surface area contributed by atoms with E-state index in [1.165, 1.54) is 12.0 Å². The highest BCUT2D eigenvalue weighted by Crippen LogP contribution is 2.29. The van der Waals surface area contributed by atoms with Crippen molar-refractivity contribution in [3.05, 3.63) is 75.4 Å². The van der Waals surface area contributed by atoms with E-state index in [4.69, 9.17) is 0 Å². The van der Waals surface area contributed by atoms with Crippen LogP contribution >= 0.6 is 15.9 Å². The summed E-state index contributed by atoms with van der Waals surface area (Å²) in [6, 6.07) is 18.8. The van der Waals surface area contributed by atoms with Crippen LogP contribution in [0.5, 0.6) is 0 Å². The lowest BCUT2D eigenvalue weighted by Crippen LogP contribution is -2.41. The number of nitrogens with one attached hydrogen (secondary N) is 1. The molecule has 3 aromatic rings. The van der Waals surface area contributed by atoms with Crippen LogP contribution in [-0.4, -0.2) is 16.5 Å². The van der Waals surface area contributed by atoms with Gasteiger partial charge in [0.2, 0.25) is 0 Å². The lowest BCUT2D eigenvalue weighted by Gasteiger charge is -2.29. The molecule has 0 radical (unpaired) electrons. The molecule has 1 heterocycles. The molecule has 5 heteroatoms. The van der Waals surface area contributed by atoms with Crippen molar-refractivity contribution in [1.29, 1.82) is 5.26 Å². The molecule has 1 N–H and O–H groups in total. The minimum atomic E-state index is -0.268. The minimum absolute atomic E-state index is 0.146. The molecular weight excluding hydrogens is 462 g/mol. The molecule has 0 aliphatic heterocycles. The predicted octanol–water partition coefficient (Wildman–Crippen LogP) is 6.36. The van der Waals surface area contributed by atoms with Crippen molar-refractivity contribution < 1.29 is 4.79 Å². The molecule has 0 bridgehead atoms. The molecule has 0 unspecified atom stereocenters. The lowest BCUT2D eigenvalue weighted by molar-refractivity contribution is -0.118. The monoisotopic (exact) mass is 489 g/mol. The van der Waals surface area contributed by atoms with Crippen LogP contribution in [0, 0.1) is 24.2 Å². The normalized spacial score (nSPS) is 19.0. The number of rotatable bonds is 5. The highest BCUT2D eigenvalue weighted by atomic mass is 79.9. The average Bonchev–Trinajstić information content (AvgIpc) is 3.06. The summed E-state index contributed by atoms with van der Waals surface area (Å²) in [5.41, 5.74) is 4.43. The Morgan fingerprint density at radius 3 is 2.62 bits per heavy atom. The van der Waals surface area contributed by atoms with E-state index in [9.17, 15) is 10.1 Å². The maximum absolute atomic E-state index is 13.0. The fourth-order valence-corrected chi connectivity index (χ4v) is 4.95. The summed E-state index contributed by atoms with van der Waals surface area (Å²) in [4.78, 5) is 13.0. The molecule has 1 aliphatic carbocycles. The first kappa shape index (κ1) is 22.4. The maximum Gasteiger partial charge on any atom is 0.262 e. The quantitative estimate of drug-likeness (QED) is 0.334. The fraction of sp³-hybridized carbons (Fsp3) is 0.333. The van der Waals surface area contributed by atoms with Crippen molar-refractivity contribution in [2.75, 3.05) is 0 Å². The van der Waals surface area contributed by atoms with Crippen LogP contribution in [-0.2, 0) is 11.3 Å². The van der Waals surface area contributed by atoms with Crippen LogP contribution in [0.25, 0.3) is 17.0 Å². The Labute approximate surface area is 198 Å². The Morgan fingerprint density at radius 2 is 1.91 bits per heavy atom. The van der Waals surface area contributed by atoms with Gasteiger partial charge < -0.3 is 9.88 Å². The van der Waals surface area contributed by atoms with Crippen molar-refractivity contribution in [2.24, 2.45) is 5.92 Å². The number of hydrogen-bond donors (Lipinski definition) is 1. The van der Waals surface area contributed by atoms with E-state index in [2.05, 4.69) is 70.0 Å². The number of carbonyl (C=O) groups excluding carboxylic acids is 1. The molecule has 2 aromatic carbocycles. The van der Waals surface area contributed by atoms with Gasteiger partial charge >= 0.3 is 0 Å². The number of aromatic nitrogens is 1. The third kappa shape index (κ3) is 4.66. The molecule has 0 saturated heterocycles. The fourth-order valence-electron chi connectivity index (χ4n) is 4.69. The highest BCUT2D eigenvalue weighted by Gasteiger charge is 2.24. The van der Waals surface area contributed by atoms with Crippen LogP contribution in [0.2, 0.25) is 0 Å². The van der Waals surface area contributed by atoms with E-state index in [1.54, 1.807) is 6.08 Å². The van der Waals surface area contributed by atoms with E-state index in [0.29, 0.717) is 5.92 Å². The van der Waals surface area contributed by atoms with Gasteiger partial charge in [-0.1, -0.05) is 66.0 Å². The van der Waals surface area contributed by atoms with Crippen LogP contribution in [0.4, 0.5) is 0 Å². The summed E-state index contributed by atoms with van der Waals surface area (Å²) in [6.45, 7) is 4.96. The van der Waals surface area contributed by atoms with Gasteiger partial charge in [-0.15, -0.1) is 0 Å². The van der Waals surface area contributed by atoms with Crippen molar-refractivity contribution in [3.63, 3.8) is 0 Å². The molecule has 164 valence electrons. The second kappa shape index (κ2) is 9.75. The van der Waals surface area contributed by atoms with Gasteiger partial charge in [0.1, 0.15) is 11.6 Å². The predicted molar refractivity (Wildman–Crippen MR) is 133 cm³/mol. The summed E-state index contributed by atoms with van der Waals surface area (Å²) >= 11 is 3.49. The average molecular weight is 490 g/mol. The first-order valence-corrected chi connectivity index (χ1v) is 12.0. The Balaban J connectivity index is 1.69. The number of hydrogen-bond acceptors (Lipinski definition) is 2. The summed E-state index contributed by atoms with van der Waals surface area (Å²) in [5.74, 6) is 0.178. The molecule has 1 amide bonds. The van der Waals surface area contributed by atoms with Crippen molar-refractivity contribution in [2.45, 2.75) is 52.1 Å². The van der Waals surface area contributed by atoms with E-state index < -0.39 is 0 Å². The standard InChI is InChI=1S/C27H28BrN3O/c1-18-7-3-5-9-25(18)30-27(32)21(16-29)15-24-19(2)31(26-10-6-4-8-23(24)26)17-20-11-13-22(28)14-12-20/h4,6,8,10-15,18,25H,3,5,7,9,17H2,1-2H3,(H,30,32)/b21-15+/t18-,25-/m0/s1. The van der Waals surface area contributed by atoms with Crippen LogP contribution in [0.15, 0.2) is 58.6 Å². The maximum atomic E-state index is 13.0. The summed E-state index contributed by atoms with van der Waals surface area (Å²) < 4.78 is 3.30. The zero-order valence-corrected chi connectivity index (χ0v) is 20.2. The molecule has 2 atom stereocenters. The van der Waals surface area contributed by atoms with Crippen molar-refractivity contribution in [3.8, 4) is 6.07 Å². The van der Waals surface area contributed by atoms with Crippen LogP contribution in [0.1, 0.15) is 49.4 Å². The molecule has 4 nitrogen and oxygen atoms in total. The zero-order chi connectivity index (χ0) is 22.7. The summed E-state index contributed by atoms with van der Waals surface area (Å²) in [7, 11) is 0. The van der Waals surface area contributed by atoms with Gasteiger partial charge in [-0.05, 0) is 55.5 Å². The Hall–Kier alpha value is -2.84. The van der Waals surface area contributed by atoms with E-state index in [0.717, 1.165) is 52.4 Å². The number of para-hydroxylation sites is 1. The molecule has 1 aliphatic rings. The number of amides is 1. The summed E-state index contributed by atoms with van der Waals surface area (Å²) in [6.07, 6.45) is 6.21. The number of fused-ring (bicyclic) bond motifs is 1. The Kier molecular flexibility index (Phi) is 6.81. The largest absolute Gasteiger partial charge is 0.348 e. The van der Waals surface area contributed by atoms with Gasteiger partial charge in [-0.2, -0.15) is 5.26 Å². The molecule has 4 rings (SSSR count). The highest BCUT2D eigenvalue weighted by molar-refractivity contribution is 9.10. The molecule has 32 heavy (non-hydrogen) atoms. The van der Waals surface area contributed by atoms with E-state index in [-0.39, 0.29) is 17.5 Å². The number of nitrogens with zero attached hydrogens (tertiary/aromatic N) is 2. The number of nitriles is 1. The van der Waals surface area contributed by atoms with Gasteiger partial charge in [-0.3, -0.25) is 4.79 Å². The molecular formula is C27H28BrN3O. The molecule has 1 fully saturated rings. The van der Waals surface area contributed by atoms with Crippen LogP contribution < -0.4 is 5.32 Å². The molecule has 1 saturated carbocycles. The number of halogens is 1. The minimum Gasteiger partial charge on any atom is -0.348 e. The van der Waals surface area contributed by atoms with E-state index in [1.807, 2.05) is 24.3 Å². The van der Waals surface area contributed by atoms with Crippen molar-refractivity contribution >= 4 is 38.8 Å². The smallest absolute Gasteiger partial charge is 0.262 e. The molecule has 1 aromatic heterocycles. The number of benzene rings is 2. The Bertz CT molecular complexity index is 1200. The van der Waals surface area contributed by atoms with Gasteiger partial charge in [0.15, 0.2) is 0 Å². The first-order chi connectivity index (χ1) is 15.5. The van der Waals surface area contributed by atoms with Crippen LogP contribution in [0.3, 0.4) is 0 Å². The van der Waals surface area contributed by atoms with E-state index >= 15 is 0 Å². The second-order valence-corrected chi connectivity index (χ2v) is 9.66. The van der Waals surface area contributed by atoms with Crippen molar-refractivity contribution in [1.82, 2.24) is 9.88 Å². The topological polar surface area (TPSA) is 57.8 Å². The van der Waals surface area contributed by atoms with Gasteiger partial charge in [0.05, 0.1) is 0 Å². The third-order valence-electron chi connectivity index (χ3n) is 6.62. The van der Waals surface area contributed by atoms with Gasteiger partial charge in [0, 0.05) is 39.2 Å². The zero-order valence-electron chi connectivity index (χ0n) is 18.6. The second-order valence-electron chi connectivity index (χ2n) is 8.74. The lowest BCUT2D eigenvalue weighted by atomic mass is 9.86. The SMILES string of the molecule is Cc1c(/C=C(\C#N)C(=O)N[C@H]2CCCC[C@@H]2C)c2ccccc2n1Cc1ccc(Br)cc1.